The summed E-state index contributed by atoms with van der Waals surface area (Å²) in [6.07, 6.45) is 0.738. The summed E-state index contributed by atoms with van der Waals surface area (Å²) in [6, 6.07) is 18.2. The lowest BCUT2D eigenvalue weighted by molar-refractivity contribution is 0.185. The SMILES string of the molecule is COCCn1c(Cc2ccccc2)nn(CN(C)Cc2ccc(Cl)cc2)c1=S. The minimum Gasteiger partial charge on any atom is -0.383 e. The molecule has 2 aromatic carbocycles. The van der Waals surface area contributed by atoms with Crippen LogP contribution >= 0.6 is 23.8 Å². The maximum absolute atomic E-state index is 5.97. The molecule has 0 saturated heterocycles. The van der Waals surface area contributed by atoms with Crippen molar-refractivity contribution in [1.29, 1.82) is 0 Å². The molecular weight excluding hydrogens is 392 g/mol. The van der Waals surface area contributed by atoms with E-state index in [0.717, 1.165) is 23.8 Å². The van der Waals surface area contributed by atoms with E-state index in [9.17, 15) is 0 Å². The third-order valence-electron chi connectivity index (χ3n) is 4.46. The molecule has 0 spiro atoms. The monoisotopic (exact) mass is 416 g/mol. The summed E-state index contributed by atoms with van der Waals surface area (Å²) in [7, 11) is 3.76. The maximum Gasteiger partial charge on any atom is 0.199 e. The summed E-state index contributed by atoms with van der Waals surface area (Å²) in [5, 5.41) is 5.56. The molecule has 0 fully saturated rings. The quantitative estimate of drug-likeness (QED) is 0.484. The molecule has 0 unspecified atom stereocenters. The van der Waals surface area contributed by atoms with Gasteiger partial charge in [-0.3, -0.25) is 4.90 Å². The number of hydrogen-bond donors (Lipinski definition) is 0. The van der Waals surface area contributed by atoms with Crippen LogP contribution in [0.2, 0.25) is 5.02 Å². The smallest absolute Gasteiger partial charge is 0.199 e. The Morgan fingerprint density at radius 2 is 1.79 bits per heavy atom. The molecule has 0 radical (unpaired) electrons. The van der Waals surface area contributed by atoms with Gasteiger partial charge in [-0.2, -0.15) is 5.10 Å². The van der Waals surface area contributed by atoms with Gasteiger partial charge in [0.1, 0.15) is 5.82 Å². The van der Waals surface area contributed by atoms with E-state index in [0.29, 0.717) is 24.6 Å². The number of aromatic nitrogens is 3. The average Bonchev–Trinajstić information content (AvgIpc) is 2.97. The number of nitrogens with zero attached hydrogens (tertiary/aromatic N) is 4. The second-order valence-electron chi connectivity index (χ2n) is 6.79. The molecule has 0 aliphatic rings. The van der Waals surface area contributed by atoms with Crippen LogP contribution in [0.4, 0.5) is 0 Å². The van der Waals surface area contributed by atoms with Gasteiger partial charge in [0.25, 0.3) is 0 Å². The molecule has 0 aliphatic carbocycles. The van der Waals surface area contributed by atoms with Crippen molar-refractivity contribution in [2.75, 3.05) is 20.8 Å². The normalized spacial score (nSPS) is 11.3. The Kier molecular flexibility index (Phi) is 7.39. The zero-order valence-electron chi connectivity index (χ0n) is 16.2. The van der Waals surface area contributed by atoms with Gasteiger partial charge in [0.2, 0.25) is 0 Å². The van der Waals surface area contributed by atoms with Crippen molar-refractivity contribution >= 4 is 23.8 Å². The lowest BCUT2D eigenvalue weighted by Gasteiger charge is -2.16. The minimum atomic E-state index is 0.600. The maximum atomic E-state index is 5.97. The minimum absolute atomic E-state index is 0.600. The van der Waals surface area contributed by atoms with Crippen molar-refractivity contribution in [2.24, 2.45) is 0 Å². The van der Waals surface area contributed by atoms with Crippen LogP contribution in [0.1, 0.15) is 17.0 Å². The third kappa shape index (κ3) is 5.52. The number of benzene rings is 2. The van der Waals surface area contributed by atoms with E-state index in [1.54, 1.807) is 7.11 Å². The van der Waals surface area contributed by atoms with Gasteiger partial charge in [0, 0.05) is 25.1 Å². The molecule has 0 aliphatic heterocycles. The number of methoxy groups -OCH3 is 1. The van der Waals surface area contributed by atoms with Crippen molar-refractivity contribution in [3.8, 4) is 0 Å². The third-order valence-corrected chi connectivity index (χ3v) is 5.15. The Labute approximate surface area is 176 Å². The first-order valence-corrected chi connectivity index (χ1v) is 9.98. The van der Waals surface area contributed by atoms with Crippen LogP contribution in [0, 0.1) is 4.77 Å². The molecule has 0 saturated carbocycles. The van der Waals surface area contributed by atoms with E-state index in [2.05, 4.69) is 28.6 Å². The second-order valence-corrected chi connectivity index (χ2v) is 7.59. The second kappa shape index (κ2) is 9.98. The van der Waals surface area contributed by atoms with Gasteiger partial charge in [-0.1, -0.05) is 54.1 Å². The molecular formula is C21H25ClN4OS. The molecule has 3 aromatic rings. The van der Waals surface area contributed by atoms with Crippen molar-refractivity contribution < 1.29 is 4.74 Å². The van der Waals surface area contributed by atoms with Crippen LogP contribution in [0.15, 0.2) is 54.6 Å². The summed E-state index contributed by atoms with van der Waals surface area (Å²) < 4.78 is 9.93. The standard InChI is InChI=1S/C21H25ClN4OS/c1-24(15-18-8-10-19(22)11-9-18)16-26-21(28)25(12-13-27-2)20(23-26)14-17-6-4-3-5-7-17/h3-11H,12-16H2,1-2H3. The van der Waals surface area contributed by atoms with E-state index in [-0.39, 0.29) is 0 Å². The zero-order chi connectivity index (χ0) is 19.9. The highest BCUT2D eigenvalue weighted by Crippen LogP contribution is 2.13. The van der Waals surface area contributed by atoms with E-state index >= 15 is 0 Å². The summed E-state index contributed by atoms with van der Waals surface area (Å²) in [5.41, 5.74) is 2.41. The van der Waals surface area contributed by atoms with Crippen LogP contribution in [-0.4, -0.2) is 40.0 Å². The fourth-order valence-electron chi connectivity index (χ4n) is 3.07. The van der Waals surface area contributed by atoms with Gasteiger partial charge in [-0.15, -0.1) is 0 Å². The fraction of sp³-hybridized carbons (Fsp3) is 0.333. The number of hydrogen-bond acceptors (Lipinski definition) is 4. The van der Waals surface area contributed by atoms with Crippen LogP contribution in [0.25, 0.3) is 0 Å². The topological polar surface area (TPSA) is 35.2 Å². The number of halogens is 1. The molecule has 7 heteroatoms. The number of rotatable bonds is 9. The Morgan fingerprint density at radius 3 is 2.46 bits per heavy atom. The fourth-order valence-corrected chi connectivity index (χ4v) is 3.50. The summed E-state index contributed by atoms with van der Waals surface area (Å²) in [6.45, 7) is 2.70. The molecule has 0 N–H and O–H groups in total. The molecule has 1 heterocycles. The van der Waals surface area contributed by atoms with Crippen molar-refractivity contribution in [1.82, 2.24) is 19.2 Å². The largest absolute Gasteiger partial charge is 0.383 e. The molecule has 0 amide bonds. The molecule has 3 rings (SSSR count). The van der Waals surface area contributed by atoms with Gasteiger partial charge in [-0.05, 0) is 42.5 Å². The zero-order valence-corrected chi connectivity index (χ0v) is 17.8. The first-order valence-electron chi connectivity index (χ1n) is 9.19. The van der Waals surface area contributed by atoms with E-state index in [4.69, 9.17) is 33.7 Å². The van der Waals surface area contributed by atoms with Crippen LogP contribution in [0.5, 0.6) is 0 Å². The van der Waals surface area contributed by atoms with Gasteiger partial charge in [0.15, 0.2) is 4.77 Å². The molecule has 1 aromatic heterocycles. The molecule has 0 atom stereocenters. The van der Waals surface area contributed by atoms with Crippen molar-refractivity contribution in [2.45, 2.75) is 26.2 Å². The van der Waals surface area contributed by atoms with Gasteiger partial charge < -0.3 is 9.30 Å². The predicted octanol–water partition coefficient (Wildman–Crippen LogP) is 4.39. The molecule has 0 bridgehead atoms. The highest BCUT2D eigenvalue weighted by molar-refractivity contribution is 7.71. The van der Waals surface area contributed by atoms with Crippen LogP contribution in [0.3, 0.4) is 0 Å². The van der Waals surface area contributed by atoms with E-state index in [1.165, 1.54) is 11.1 Å². The van der Waals surface area contributed by atoms with Crippen molar-refractivity contribution in [3.05, 3.63) is 81.3 Å². The Balaban J connectivity index is 1.77. The van der Waals surface area contributed by atoms with Gasteiger partial charge in [0.05, 0.1) is 19.8 Å². The Hall–Kier alpha value is -1.99. The summed E-state index contributed by atoms with van der Waals surface area (Å²) in [4.78, 5) is 2.18. The first kappa shape index (κ1) is 20.7. The highest BCUT2D eigenvalue weighted by Gasteiger charge is 2.13. The van der Waals surface area contributed by atoms with Crippen LogP contribution < -0.4 is 0 Å². The van der Waals surface area contributed by atoms with Crippen LogP contribution in [-0.2, 0) is 30.9 Å². The van der Waals surface area contributed by atoms with E-state index in [1.807, 2.05) is 47.1 Å². The average molecular weight is 417 g/mol. The Morgan fingerprint density at radius 1 is 1.07 bits per heavy atom. The highest BCUT2D eigenvalue weighted by atomic mass is 35.5. The number of ether oxygens (including phenoxy) is 1. The Bertz CT molecular complexity index is 937. The van der Waals surface area contributed by atoms with E-state index < -0.39 is 0 Å². The summed E-state index contributed by atoms with van der Waals surface area (Å²) >= 11 is 11.7. The first-order chi connectivity index (χ1) is 13.6. The van der Waals surface area contributed by atoms with Crippen molar-refractivity contribution in [3.63, 3.8) is 0 Å². The summed E-state index contributed by atoms with van der Waals surface area (Å²) in [5.74, 6) is 0.952. The lowest BCUT2D eigenvalue weighted by atomic mass is 10.1. The van der Waals surface area contributed by atoms with Gasteiger partial charge >= 0.3 is 0 Å². The lowest BCUT2D eigenvalue weighted by Crippen LogP contribution is -2.22. The molecule has 148 valence electrons. The predicted molar refractivity (Wildman–Crippen MR) is 115 cm³/mol. The molecule has 5 nitrogen and oxygen atoms in total. The molecule has 28 heavy (non-hydrogen) atoms. The van der Waals surface area contributed by atoms with Gasteiger partial charge in [-0.25, -0.2) is 4.68 Å².